The first kappa shape index (κ1) is 15.0. The van der Waals surface area contributed by atoms with E-state index in [1.807, 2.05) is 20.8 Å². The van der Waals surface area contributed by atoms with Crippen LogP contribution in [0.4, 0.5) is 4.79 Å². The quantitative estimate of drug-likeness (QED) is 0.749. The second-order valence-corrected chi connectivity index (χ2v) is 6.03. The largest absolute Gasteiger partial charge is 0.444 e. The van der Waals surface area contributed by atoms with Gasteiger partial charge in [0, 0.05) is 6.54 Å². The molecule has 1 N–H and O–H groups in total. The fourth-order valence-corrected chi connectivity index (χ4v) is 1.00. The number of ether oxygens (including phenoxy) is 1. The third kappa shape index (κ3) is 7.32. The van der Waals surface area contributed by atoms with Crippen molar-refractivity contribution in [3.05, 3.63) is 12.2 Å². The van der Waals surface area contributed by atoms with E-state index in [2.05, 4.69) is 32.7 Å². The minimum Gasteiger partial charge on any atom is -0.444 e. The Bertz CT molecular complexity index is 256. The van der Waals surface area contributed by atoms with Crippen LogP contribution >= 0.6 is 0 Å². The molecular formula is C13H25NO2. The highest BCUT2D eigenvalue weighted by atomic mass is 16.6. The van der Waals surface area contributed by atoms with Crippen molar-refractivity contribution in [1.29, 1.82) is 0 Å². The van der Waals surface area contributed by atoms with Crippen molar-refractivity contribution in [2.75, 3.05) is 6.54 Å². The summed E-state index contributed by atoms with van der Waals surface area (Å²) in [6.45, 7) is 16.5. The Kier molecular flexibility index (Phi) is 5.04. The molecule has 0 rings (SSSR count). The lowest BCUT2D eigenvalue weighted by atomic mass is 9.86. The number of carbonyl (C=O) groups excluding carboxylic acids is 1. The summed E-state index contributed by atoms with van der Waals surface area (Å²) in [5, 5.41) is 2.72. The van der Waals surface area contributed by atoms with Gasteiger partial charge in [-0.05, 0) is 32.6 Å². The summed E-state index contributed by atoms with van der Waals surface area (Å²) in [6, 6.07) is 0. The zero-order valence-electron chi connectivity index (χ0n) is 11.4. The Labute approximate surface area is 99.3 Å². The predicted octanol–water partition coefficient (Wildman–Crippen LogP) is 3.50. The average molecular weight is 227 g/mol. The molecule has 3 nitrogen and oxygen atoms in total. The SMILES string of the molecule is C=C(CCNC(=O)OC(C)(C)C)C(C)(C)C. The minimum atomic E-state index is -0.439. The van der Waals surface area contributed by atoms with Gasteiger partial charge in [-0.15, -0.1) is 0 Å². The van der Waals surface area contributed by atoms with Crippen LogP contribution < -0.4 is 5.32 Å². The van der Waals surface area contributed by atoms with E-state index in [1.54, 1.807) is 0 Å². The highest BCUT2D eigenvalue weighted by molar-refractivity contribution is 5.67. The second-order valence-electron chi connectivity index (χ2n) is 6.03. The highest BCUT2D eigenvalue weighted by Gasteiger charge is 2.17. The van der Waals surface area contributed by atoms with Gasteiger partial charge in [0.2, 0.25) is 0 Å². The van der Waals surface area contributed by atoms with Crippen LogP contribution in [0.2, 0.25) is 0 Å². The maximum atomic E-state index is 11.3. The number of hydrogen-bond acceptors (Lipinski definition) is 2. The molecule has 0 saturated heterocycles. The average Bonchev–Trinajstić information content (AvgIpc) is 1.98. The molecule has 3 heteroatoms. The second kappa shape index (κ2) is 5.37. The number of alkyl carbamates (subject to hydrolysis) is 1. The lowest BCUT2D eigenvalue weighted by Crippen LogP contribution is -2.33. The van der Waals surface area contributed by atoms with Crippen LogP contribution in [0.1, 0.15) is 48.0 Å². The Morgan fingerprint density at radius 1 is 1.19 bits per heavy atom. The van der Waals surface area contributed by atoms with Gasteiger partial charge in [-0.1, -0.05) is 32.9 Å². The van der Waals surface area contributed by atoms with Crippen molar-refractivity contribution in [2.24, 2.45) is 5.41 Å². The van der Waals surface area contributed by atoms with Crippen molar-refractivity contribution >= 4 is 6.09 Å². The summed E-state index contributed by atoms with van der Waals surface area (Å²) in [5.41, 5.74) is 0.782. The van der Waals surface area contributed by atoms with Gasteiger partial charge in [0.1, 0.15) is 5.60 Å². The van der Waals surface area contributed by atoms with Gasteiger partial charge in [-0.3, -0.25) is 0 Å². The van der Waals surface area contributed by atoms with E-state index in [-0.39, 0.29) is 11.5 Å². The van der Waals surface area contributed by atoms with Crippen LogP contribution in [0.15, 0.2) is 12.2 Å². The van der Waals surface area contributed by atoms with E-state index in [0.29, 0.717) is 6.54 Å². The van der Waals surface area contributed by atoms with Gasteiger partial charge < -0.3 is 10.1 Å². The molecule has 0 aliphatic rings. The van der Waals surface area contributed by atoms with E-state index in [0.717, 1.165) is 12.0 Å². The number of hydrogen-bond donors (Lipinski definition) is 1. The van der Waals surface area contributed by atoms with Gasteiger partial charge in [0.15, 0.2) is 0 Å². The molecule has 0 heterocycles. The monoisotopic (exact) mass is 227 g/mol. The van der Waals surface area contributed by atoms with Crippen LogP contribution in [0.3, 0.4) is 0 Å². The molecule has 94 valence electrons. The summed E-state index contributed by atoms with van der Waals surface area (Å²) in [4.78, 5) is 11.3. The smallest absolute Gasteiger partial charge is 0.407 e. The molecule has 0 aromatic carbocycles. The lowest BCUT2D eigenvalue weighted by molar-refractivity contribution is 0.0528. The molecule has 16 heavy (non-hydrogen) atoms. The first-order valence-corrected chi connectivity index (χ1v) is 5.67. The summed E-state index contributed by atoms with van der Waals surface area (Å²) in [5.74, 6) is 0. The molecule has 0 atom stereocenters. The van der Waals surface area contributed by atoms with E-state index in [1.165, 1.54) is 0 Å². The van der Waals surface area contributed by atoms with Crippen molar-refractivity contribution in [3.63, 3.8) is 0 Å². The fourth-order valence-electron chi connectivity index (χ4n) is 1.00. The van der Waals surface area contributed by atoms with Gasteiger partial charge in [0.25, 0.3) is 0 Å². The lowest BCUT2D eigenvalue weighted by Gasteiger charge is -2.23. The molecule has 0 bridgehead atoms. The Balaban J connectivity index is 3.84. The van der Waals surface area contributed by atoms with E-state index < -0.39 is 5.60 Å². The summed E-state index contributed by atoms with van der Waals surface area (Å²) >= 11 is 0. The van der Waals surface area contributed by atoms with Gasteiger partial charge in [0.05, 0.1) is 0 Å². The first-order chi connectivity index (χ1) is 7.02. The number of carbonyl (C=O) groups is 1. The van der Waals surface area contributed by atoms with Crippen LogP contribution in [-0.4, -0.2) is 18.2 Å². The van der Waals surface area contributed by atoms with Crippen molar-refractivity contribution in [3.8, 4) is 0 Å². The van der Waals surface area contributed by atoms with E-state index in [9.17, 15) is 4.79 Å². The summed E-state index contributed by atoms with van der Waals surface area (Å²) in [7, 11) is 0. The first-order valence-electron chi connectivity index (χ1n) is 5.67. The molecule has 0 aromatic heterocycles. The number of rotatable bonds is 3. The molecule has 0 saturated carbocycles. The van der Waals surface area contributed by atoms with Crippen LogP contribution in [0.5, 0.6) is 0 Å². The van der Waals surface area contributed by atoms with Crippen LogP contribution in [0, 0.1) is 5.41 Å². The molecule has 0 spiro atoms. The van der Waals surface area contributed by atoms with Gasteiger partial charge in [-0.2, -0.15) is 0 Å². The molecule has 1 amide bonds. The van der Waals surface area contributed by atoms with Crippen molar-refractivity contribution < 1.29 is 9.53 Å². The summed E-state index contributed by atoms with van der Waals surface area (Å²) < 4.78 is 5.13. The summed E-state index contributed by atoms with van der Waals surface area (Å²) in [6.07, 6.45) is 0.414. The fraction of sp³-hybridized carbons (Fsp3) is 0.769. The predicted molar refractivity (Wildman–Crippen MR) is 67.4 cm³/mol. The van der Waals surface area contributed by atoms with Crippen molar-refractivity contribution in [2.45, 2.75) is 53.6 Å². The third-order valence-electron chi connectivity index (χ3n) is 2.16. The zero-order chi connectivity index (χ0) is 13.0. The molecule has 0 aliphatic heterocycles. The maximum Gasteiger partial charge on any atom is 0.407 e. The third-order valence-corrected chi connectivity index (χ3v) is 2.16. The topological polar surface area (TPSA) is 38.3 Å². The Hall–Kier alpha value is -0.990. The standard InChI is InChI=1S/C13H25NO2/c1-10(12(2,3)4)8-9-14-11(15)16-13(5,6)7/h1,8-9H2,2-7H3,(H,14,15). The molecular weight excluding hydrogens is 202 g/mol. The van der Waals surface area contributed by atoms with Crippen LogP contribution in [0.25, 0.3) is 0 Å². The number of amides is 1. The van der Waals surface area contributed by atoms with E-state index in [4.69, 9.17) is 4.74 Å². The maximum absolute atomic E-state index is 11.3. The van der Waals surface area contributed by atoms with E-state index >= 15 is 0 Å². The van der Waals surface area contributed by atoms with Crippen molar-refractivity contribution in [1.82, 2.24) is 5.32 Å². The van der Waals surface area contributed by atoms with Gasteiger partial charge >= 0.3 is 6.09 Å². The van der Waals surface area contributed by atoms with Crippen LogP contribution in [-0.2, 0) is 4.74 Å². The Morgan fingerprint density at radius 3 is 2.06 bits per heavy atom. The van der Waals surface area contributed by atoms with Gasteiger partial charge in [-0.25, -0.2) is 4.79 Å². The normalized spacial score (nSPS) is 12.1. The molecule has 0 fully saturated rings. The molecule has 0 aliphatic carbocycles. The number of nitrogens with one attached hydrogen (secondary N) is 1. The molecule has 0 aromatic rings. The zero-order valence-corrected chi connectivity index (χ0v) is 11.4. The Morgan fingerprint density at radius 2 is 1.69 bits per heavy atom. The highest BCUT2D eigenvalue weighted by Crippen LogP contribution is 2.25. The minimum absolute atomic E-state index is 0.0929. The molecule has 0 radical (unpaired) electrons. The molecule has 0 unspecified atom stereocenters.